The molecule has 0 saturated carbocycles. The Hall–Kier alpha value is -0.690. The van der Waals surface area contributed by atoms with Gasteiger partial charge in [-0.1, -0.05) is 38.6 Å². The molecule has 0 bridgehead atoms. The molecule has 0 atom stereocenters. The number of ether oxygens (including phenoxy) is 1. The largest absolute Gasteiger partial charge is 0.494 e. The van der Waals surface area contributed by atoms with Gasteiger partial charge in [-0.15, -0.1) is 0 Å². The maximum absolute atomic E-state index is 6.03. The maximum Gasteiger partial charge on any atom is 0.116 e. The van der Waals surface area contributed by atoms with Gasteiger partial charge in [0.2, 0.25) is 0 Å². The maximum atomic E-state index is 6.03. The molecule has 1 rings (SSSR count). The molecule has 0 amide bonds. The Labute approximate surface area is 92.1 Å². The van der Waals surface area contributed by atoms with Crippen LogP contribution in [0.3, 0.4) is 0 Å². The van der Waals surface area contributed by atoms with E-state index < -0.39 is 0 Å². The third-order valence-corrected chi connectivity index (χ3v) is 2.37. The molecule has 80 valence electrons. The van der Waals surface area contributed by atoms with Gasteiger partial charge in [-0.25, -0.2) is 0 Å². The molecular weight excluding hydrogens is 196 g/mol. The number of hydrogen-bond acceptors (Lipinski definition) is 1. The predicted octanol–water partition coefficient (Wildman–Crippen LogP) is 4.41. The molecule has 1 nitrogen and oxygen atoms in total. The van der Waals surface area contributed by atoms with Crippen molar-refractivity contribution in [3.05, 3.63) is 35.1 Å². The van der Waals surface area contributed by atoms with Gasteiger partial charge in [0.05, 0.1) is 6.61 Å². The van der Waals surface area contributed by atoms with E-state index in [1.807, 2.05) is 20.8 Å². The third-order valence-electron chi connectivity index (χ3n) is 1.82. The lowest BCUT2D eigenvalue weighted by atomic mass is 10.0. The first kappa shape index (κ1) is 13.3. The van der Waals surface area contributed by atoms with E-state index in [0.717, 1.165) is 30.6 Å². The van der Waals surface area contributed by atoms with Gasteiger partial charge >= 0.3 is 0 Å². The van der Waals surface area contributed by atoms with Gasteiger partial charge in [0, 0.05) is 10.6 Å². The van der Waals surface area contributed by atoms with Gasteiger partial charge in [0.25, 0.3) is 0 Å². The highest BCUT2D eigenvalue weighted by Crippen LogP contribution is 2.29. The van der Waals surface area contributed by atoms with Crippen LogP contribution in [0.5, 0.6) is 0 Å². The Bertz CT molecular complexity index is 251. The monoisotopic (exact) mass is 214 g/mol. The van der Waals surface area contributed by atoms with Crippen molar-refractivity contribution in [3.8, 4) is 0 Å². The number of allylic oxidation sites excluding steroid dienone is 3. The smallest absolute Gasteiger partial charge is 0.116 e. The molecule has 0 aliphatic carbocycles. The van der Waals surface area contributed by atoms with E-state index in [2.05, 4.69) is 13.2 Å². The van der Waals surface area contributed by atoms with E-state index in [-0.39, 0.29) is 0 Å². The first-order valence-electron chi connectivity index (χ1n) is 4.99. The Morgan fingerprint density at radius 1 is 1.43 bits per heavy atom. The molecule has 0 aromatic rings. The van der Waals surface area contributed by atoms with Crippen LogP contribution in [0, 0.1) is 0 Å². The summed E-state index contributed by atoms with van der Waals surface area (Å²) in [5.41, 5.74) is 1.88. The lowest BCUT2D eigenvalue weighted by Gasteiger charge is -2.19. The van der Waals surface area contributed by atoms with Gasteiger partial charge < -0.3 is 4.74 Å². The fourth-order valence-corrected chi connectivity index (χ4v) is 1.36. The minimum absolute atomic E-state index is 0.703. The fraction of sp³-hybridized carbons (Fsp3) is 0.500. The second-order valence-electron chi connectivity index (χ2n) is 2.95. The van der Waals surface area contributed by atoms with Crippen LogP contribution in [0.2, 0.25) is 0 Å². The molecule has 14 heavy (non-hydrogen) atoms. The van der Waals surface area contributed by atoms with Crippen molar-refractivity contribution in [2.24, 2.45) is 0 Å². The van der Waals surface area contributed by atoms with Crippen molar-refractivity contribution in [1.82, 2.24) is 0 Å². The summed E-state index contributed by atoms with van der Waals surface area (Å²) in [7, 11) is 0. The first-order chi connectivity index (χ1) is 6.63. The third kappa shape index (κ3) is 3.59. The van der Waals surface area contributed by atoms with Crippen LogP contribution in [-0.4, -0.2) is 6.61 Å². The van der Waals surface area contributed by atoms with Gasteiger partial charge in [-0.3, -0.25) is 0 Å². The SMILES string of the molecule is C=C(C)/C(Cl)=C1/CCCOC1=C.CC. The zero-order valence-electron chi connectivity index (χ0n) is 9.32. The van der Waals surface area contributed by atoms with Crippen LogP contribution < -0.4 is 0 Å². The quantitative estimate of drug-likeness (QED) is 0.629. The van der Waals surface area contributed by atoms with Crippen molar-refractivity contribution in [2.75, 3.05) is 6.61 Å². The zero-order chi connectivity index (χ0) is 11.1. The highest BCUT2D eigenvalue weighted by Gasteiger charge is 2.14. The summed E-state index contributed by atoms with van der Waals surface area (Å²) in [6.07, 6.45) is 1.96. The van der Waals surface area contributed by atoms with Gasteiger partial charge in [0.15, 0.2) is 0 Å². The summed E-state index contributed by atoms with van der Waals surface area (Å²) in [6, 6.07) is 0. The normalized spacial score (nSPS) is 19.0. The lowest BCUT2D eigenvalue weighted by Crippen LogP contribution is -2.06. The summed E-state index contributed by atoms with van der Waals surface area (Å²) in [4.78, 5) is 0. The Balaban J connectivity index is 0.000000791. The zero-order valence-corrected chi connectivity index (χ0v) is 10.1. The summed E-state index contributed by atoms with van der Waals surface area (Å²) in [5.74, 6) is 0.703. The summed E-state index contributed by atoms with van der Waals surface area (Å²) < 4.78 is 5.28. The van der Waals surface area contributed by atoms with Gasteiger partial charge in [0.1, 0.15) is 5.76 Å². The molecule has 0 aromatic heterocycles. The van der Waals surface area contributed by atoms with Gasteiger partial charge in [-0.05, 0) is 25.3 Å². The lowest BCUT2D eigenvalue weighted by molar-refractivity contribution is 0.195. The van der Waals surface area contributed by atoms with Crippen LogP contribution in [0.25, 0.3) is 0 Å². The minimum atomic E-state index is 0.703. The Morgan fingerprint density at radius 2 is 2.00 bits per heavy atom. The van der Waals surface area contributed by atoms with E-state index in [0.29, 0.717) is 10.8 Å². The summed E-state index contributed by atoms with van der Waals surface area (Å²) >= 11 is 6.03. The van der Waals surface area contributed by atoms with Crippen LogP contribution in [0.1, 0.15) is 33.6 Å². The number of halogens is 1. The van der Waals surface area contributed by atoms with E-state index in [1.54, 1.807) is 0 Å². The van der Waals surface area contributed by atoms with Gasteiger partial charge in [-0.2, -0.15) is 0 Å². The molecule has 1 aliphatic rings. The molecule has 0 radical (unpaired) electrons. The van der Waals surface area contributed by atoms with Crippen molar-refractivity contribution < 1.29 is 4.74 Å². The molecule has 2 heteroatoms. The van der Waals surface area contributed by atoms with E-state index in [1.165, 1.54) is 0 Å². The second-order valence-corrected chi connectivity index (χ2v) is 3.33. The predicted molar refractivity (Wildman–Crippen MR) is 63.4 cm³/mol. The number of hydrogen-bond donors (Lipinski definition) is 0. The minimum Gasteiger partial charge on any atom is -0.494 e. The number of rotatable bonds is 1. The molecule has 1 heterocycles. The van der Waals surface area contributed by atoms with Crippen LogP contribution >= 0.6 is 11.6 Å². The molecule has 0 spiro atoms. The molecule has 0 unspecified atom stereocenters. The first-order valence-corrected chi connectivity index (χ1v) is 5.37. The average molecular weight is 215 g/mol. The molecular formula is C12H19ClO. The highest BCUT2D eigenvalue weighted by atomic mass is 35.5. The van der Waals surface area contributed by atoms with Crippen molar-refractivity contribution in [2.45, 2.75) is 33.6 Å². The van der Waals surface area contributed by atoms with E-state index in [4.69, 9.17) is 16.3 Å². The van der Waals surface area contributed by atoms with Crippen LogP contribution in [0.15, 0.2) is 35.1 Å². The second kappa shape index (κ2) is 6.72. The van der Waals surface area contributed by atoms with E-state index >= 15 is 0 Å². The molecule has 1 fully saturated rings. The topological polar surface area (TPSA) is 9.23 Å². The molecule has 1 aliphatic heterocycles. The molecule has 0 N–H and O–H groups in total. The highest BCUT2D eigenvalue weighted by molar-refractivity contribution is 6.32. The van der Waals surface area contributed by atoms with Crippen molar-refractivity contribution in [3.63, 3.8) is 0 Å². The van der Waals surface area contributed by atoms with Crippen LogP contribution in [0.4, 0.5) is 0 Å². The summed E-state index contributed by atoms with van der Waals surface area (Å²) in [5, 5.41) is 0.708. The fourth-order valence-electron chi connectivity index (χ4n) is 1.16. The van der Waals surface area contributed by atoms with Crippen molar-refractivity contribution >= 4 is 11.6 Å². The molecule has 1 saturated heterocycles. The Kier molecular flexibility index (Phi) is 6.39. The van der Waals surface area contributed by atoms with Crippen LogP contribution in [-0.2, 0) is 4.74 Å². The standard InChI is InChI=1S/C10H13ClO.C2H6/c1-7(2)10(11)9-5-4-6-12-8(9)3;1-2/h1,3-6H2,2H3;1-2H3/b10-9+;. The average Bonchev–Trinajstić information content (AvgIpc) is 2.20. The Morgan fingerprint density at radius 3 is 2.43 bits per heavy atom. The van der Waals surface area contributed by atoms with E-state index in [9.17, 15) is 0 Å². The summed E-state index contributed by atoms with van der Waals surface area (Å²) in [6.45, 7) is 14.2. The van der Waals surface area contributed by atoms with Crippen molar-refractivity contribution in [1.29, 1.82) is 0 Å². The molecule has 0 aromatic carbocycles.